The molecule has 0 radical (unpaired) electrons. The molecule has 0 aliphatic rings. The number of nitrogens with zero attached hydrogens (tertiary/aromatic N) is 2. The fourth-order valence-electron chi connectivity index (χ4n) is 2.46. The minimum atomic E-state index is -1.46. The Bertz CT molecular complexity index is 820. The molecule has 0 bridgehead atoms. The topological polar surface area (TPSA) is 25.8 Å². The first-order chi connectivity index (χ1) is 11.6. The summed E-state index contributed by atoms with van der Waals surface area (Å²) in [6.45, 7) is 2.09. The molecular formula is C19H15F3N2. The Balaban J connectivity index is 1.88. The first-order valence-corrected chi connectivity index (χ1v) is 7.64. The summed E-state index contributed by atoms with van der Waals surface area (Å²) < 4.78 is 39.7. The van der Waals surface area contributed by atoms with Gasteiger partial charge < -0.3 is 0 Å². The lowest BCUT2D eigenvalue weighted by molar-refractivity contribution is 0.448. The van der Waals surface area contributed by atoms with Crippen LogP contribution in [-0.4, -0.2) is 9.97 Å². The highest BCUT2D eigenvalue weighted by Gasteiger charge is 2.12. The molecule has 0 aliphatic carbocycles. The second kappa shape index (κ2) is 6.83. The molecule has 3 rings (SSSR count). The fourth-order valence-corrected chi connectivity index (χ4v) is 2.46. The molecule has 24 heavy (non-hydrogen) atoms. The highest BCUT2D eigenvalue weighted by Crippen LogP contribution is 2.26. The molecule has 1 heterocycles. The van der Waals surface area contributed by atoms with Crippen LogP contribution in [0.15, 0.2) is 48.8 Å². The van der Waals surface area contributed by atoms with Gasteiger partial charge in [0.25, 0.3) is 0 Å². The van der Waals surface area contributed by atoms with Gasteiger partial charge in [0.1, 0.15) is 0 Å². The van der Waals surface area contributed by atoms with E-state index in [1.807, 2.05) is 0 Å². The standard InChI is InChI=1S/C19H15F3N2/c1-2-3-12-10-23-19(24-11-12)14-6-4-13(5-7-14)15-8-16(20)18(22)17(21)9-15/h4-11H,2-3H2,1H3. The van der Waals surface area contributed by atoms with Gasteiger partial charge in [-0.15, -0.1) is 0 Å². The molecule has 0 spiro atoms. The Morgan fingerprint density at radius 3 is 1.88 bits per heavy atom. The summed E-state index contributed by atoms with van der Waals surface area (Å²) in [5.41, 5.74) is 2.73. The van der Waals surface area contributed by atoms with Crippen molar-refractivity contribution < 1.29 is 13.2 Å². The normalized spacial score (nSPS) is 10.8. The number of aromatic nitrogens is 2. The Kier molecular flexibility index (Phi) is 4.60. The first-order valence-electron chi connectivity index (χ1n) is 7.64. The highest BCUT2D eigenvalue weighted by atomic mass is 19.2. The molecule has 122 valence electrons. The van der Waals surface area contributed by atoms with Crippen molar-refractivity contribution in [2.75, 3.05) is 0 Å². The van der Waals surface area contributed by atoms with Crippen LogP contribution in [0.4, 0.5) is 13.2 Å². The molecule has 5 heteroatoms. The van der Waals surface area contributed by atoms with Gasteiger partial charge in [0.05, 0.1) is 0 Å². The summed E-state index contributed by atoms with van der Waals surface area (Å²) in [7, 11) is 0. The van der Waals surface area contributed by atoms with Crippen LogP contribution in [0.1, 0.15) is 18.9 Å². The van der Waals surface area contributed by atoms with Crippen LogP contribution in [0.3, 0.4) is 0 Å². The number of rotatable bonds is 4. The molecule has 2 aromatic carbocycles. The van der Waals surface area contributed by atoms with Gasteiger partial charge in [-0.05, 0) is 35.2 Å². The smallest absolute Gasteiger partial charge is 0.194 e. The third-order valence-electron chi connectivity index (χ3n) is 3.70. The average Bonchev–Trinajstić information content (AvgIpc) is 2.60. The van der Waals surface area contributed by atoms with E-state index in [9.17, 15) is 13.2 Å². The van der Waals surface area contributed by atoms with Crippen molar-refractivity contribution in [2.24, 2.45) is 0 Å². The minimum absolute atomic E-state index is 0.275. The Morgan fingerprint density at radius 2 is 1.33 bits per heavy atom. The lowest BCUT2D eigenvalue weighted by atomic mass is 10.0. The monoisotopic (exact) mass is 328 g/mol. The average molecular weight is 328 g/mol. The zero-order valence-electron chi connectivity index (χ0n) is 13.1. The SMILES string of the molecule is CCCc1cnc(-c2ccc(-c3cc(F)c(F)c(F)c3)cc2)nc1. The first kappa shape index (κ1) is 16.2. The van der Waals surface area contributed by atoms with Crippen molar-refractivity contribution in [1.82, 2.24) is 9.97 Å². The van der Waals surface area contributed by atoms with Crippen molar-refractivity contribution in [1.29, 1.82) is 0 Å². The van der Waals surface area contributed by atoms with E-state index in [-0.39, 0.29) is 5.56 Å². The van der Waals surface area contributed by atoms with E-state index in [1.54, 1.807) is 36.7 Å². The highest BCUT2D eigenvalue weighted by molar-refractivity contribution is 5.67. The molecule has 2 nitrogen and oxygen atoms in total. The number of hydrogen-bond donors (Lipinski definition) is 0. The van der Waals surface area contributed by atoms with Crippen LogP contribution in [0.25, 0.3) is 22.5 Å². The number of benzene rings is 2. The molecule has 0 saturated carbocycles. The molecule has 1 aromatic heterocycles. The van der Waals surface area contributed by atoms with E-state index in [0.29, 0.717) is 11.4 Å². The predicted molar refractivity (Wildman–Crippen MR) is 86.8 cm³/mol. The molecule has 0 N–H and O–H groups in total. The summed E-state index contributed by atoms with van der Waals surface area (Å²) in [6, 6.07) is 8.88. The number of hydrogen-bond acceptors (Lipinski definition) is 2. The van der Waals surface area contributed by atoms with E-state index >= 15 is 0 Å². The van der Waals surface area contributed by atoms with E-state index in [2.05, 4.69) is 16.9 Å². The van der Waals surface area contributed by atoms with Crippen LogP contribution in [-0.2, 0) is 6.42 Å². The maximum atomic E-state index is 13.3. The van der Waals surface area contributed by atoms with Gasteiger partial charge in [0, 0.05) is 18.0 Å². The van der Waals surface area contributed by atoms with Crippen LogP contribution >= 0.6 is 0 Å². The van der Waals surface area contributed by atoms with Crippen LogP contribution in [0, 0.1) is 17.5 Å². The molecule has 0 saturated heterocycles. The van der Waals surface area contributed by atoms with Gasteiger partial charge in [-0.3, -0.25) is 0 Å². The lowest BCUT2D eigenvalue weighted by Crippen LogP contribution is -1.93. The van der Waals surface area contributed by atoms with Crippen molar-refractivity contribution in [3.05, 3.63) is 71.8 Å². The quantitative estimate of drug-likeness (QED) is 0.617. The summed E-state index contributed by atoms with van der Waals surface area (Å²) in [6.07, 6.45) is 5.55. The molecule has 0 atom stereocenters. The van der Waals surface area contributed by atoms with Crippen molar-refractivity contribution >= 4 is 0 Å². The summed E-state index contributed by atoms with van der Waals surface area (Å²) in [5.74, 6) is -3.29. The fraction of sp³-hybridized carbons (Fsp3) is 0.158. The van der Waals surface area contributed by atoms with Crippen LogP contribution in [0.5, 0.6) is 0 Å². The summed E-state index contributed by atoms with van der Waals surface area (Å²) in [4.78, 5) is 8.66. The molecule has 0 aliphatic heterocycles. The number of aryl methyl sites for hydroxylation is 1. The van der Waals surface area contributed by atoms with Gasteiger partial charge in [-0.1, -0.05) is 37.6 Å². The van der Waals surface area contributed by atoms with Crippen molar-refractivity contribution in [2.45, 2.75) is 19.8 Å². The molecular weight excluding hydrogens is 313 g/mol. The second-order valence-corrected chi connectivity index (χ2v) is 5.50. The largest absolute Gasteiger partial charge is 0.236 e. The third kappa shape index (κ3) is 3.30. The van der Waals surface area contributed by atoms with Gasteiger partial charge in [-0.25, -0.2) is 23.1 Å². The third-order valence-corrected chi connectivity index (χ3v) is 3.70. The van der Waals surface area contributed by atoms with E-state index in [4.69, 9.17) is 0 Å². The molecule has 3 aromatic rings. The van der Waals surface area contributed by atoms with Crippen molar-refractivity contribution in [3.8, 4) is 22.5 Å². The Labute approximate surface area is 138 Å². The zero-order chi connectivity index (χ0) is 17.1. The maximum absolute atomic E-state index is 13.3. The van der Waals surface area contributed by atoms with Crippen LogP contribution in [0.2, 0.25) is 0 Å². The van der Waals surface area contributed by atoms with Gasteiger partial charge in [0.15, 0.2) is 23.3 Å². The molecule has 0 fully saturated rings. The molecule has 0 amide bonds. The van der Waals surface area contributed by atoms with Gasteiger partial charge >= 0.3 is 0 Å². The van der Waals surface area contributed by atoms with E-state index < -0.39 is 17.5 Å². The maximum Gasteiger partial charge on any atom is 0.194 e. The Morgan fingerprint density at radius 1 is 0.792 bits per heavy atom. The predicted octanol–water partition coefficient (Wildman–Crippen LogP) is 5.18. The Hall–Kier alpha value is -2.69. The lowest BCUT2D eigenvalue weighted by Gasteiger charge is -2.06. The van der Waals surface area contributed by atoms with Crippen molar-refractivity contribution in [3.63, 3.8) is 0 Å². The summed E-state index contributed by atoms with van der Waals surface area (Å²) in [5, 5.41) is 0. The number of halogens is 3. The van der Waals surface area contributed by atoms with E-state index in [1.165, 1.54) is 0 Å². The minimum Gasteiger partial charge on any atom is -0.236 e. The zero-order valence-corrected chi connectivity index (χ0v) is 13.1. The van der Waals surface area contributed by atoms with Crippen LogP contribution < -0.4 is 0 Å². The van der Waals surface area contributed by atoms with Gasteiger partial charge in [0.2, 0.25) is 0 Å². The second-order valence-electron chi connectivity index (χ2n) is 5.50. The van der Waals surface area contributed by atoms with E-state index in [0.717, 1.165) is 36.1 Å². The summed E-state index contributed by atoms with van der Waals surface area (Å²) >= 11 is 0. The van der Waals surface area contributed by atoms with Gasteiger partial charge in [-0.2, -0.15) is 0 Å². The molecule has 0 unspecified atom stereocenters.